The molecule has 0 fully saturated rings. The Morgan fingerprint density at radius 3 is 2.55 bits per heavy atom. The molecule has 3 aromatic rings. The number of hydrogen-bond donors (Lipinski definition) is 1. The van der Waals surface area contributed by atoms with E-state index in [0.717, 1.165) is 10.3 Å². The van der Waals surface area contributed by atoms with Gasteiger partial charge in [-0.25, -0.2) is 0 Å². The first-order valence-electron chi connectivity index (χ1n) is 8.73. The summed E-state index contributed by atoms with van der Waals surface area (Å²) in [6.45, 7) is 1.92. The van der Waals surface area contributed by atoms with E-state index in [4.69, 9.17) is 0 Å². The van der Waals surface area contributed by atoms with Gasteiger partial charge in [-0.2, -0.15) is 5.26 Å². The zero-order valence-corrected chi connectivity index (χ0v) is 16.8. The van der Waals surface area contributed by atoms with Gasteiger partial charge in [0.15, 0.2) is 0 Å². The van der Waals surface area contributed by atoms with Crippen LogP contribution in [0.25, 0.3) is 10.8 Å². The van der Waals surface area contributed by atoms with Crippen molar-refractivity contribution in [2.45, 2.75) is 6.92 Å². The van der Waals surface area contributed by atoms with Crippen molar-refractivity contribution in [3.63, 3.8) is 0 Å². The Kier molecular flexibility index (Phi) is 4.60. The van der Waals surface area contributed by atoms with Gasteiger partial charge in [-0.15, -0.1) is 10.2 Å². The van der Waals surface area contributed by atoms with Crippen LogP contribution in [0.1, 0.15) is 33.2 Å². The molecule has 0 aliphatic carbocycles. The summed E-state index contributed by atoms with van der Waals surface area (Å²) in [5.74, 6) is -0.958. The third-order valence-corrected chi connectivity index (χ3v) is 5.51. The van der Waals surface area contributed by atoms with Crippen molar-refractivity contribution in [2.24, 2.45) is 10.2 Å². The Bertz CT molecular complexity index is 1280. The normalized spacial score (nSPS) is 13.3. The fraction of sp³-hybridized carbons (Fsp3) is 0.0952. The fourth-order valence-electron chi connectivity index (χ4n) is 3.31. The van der Waals surface area contributed by atoms with Crippen LogP contribution in [0.5, 0.6) is 5.75 Å². The number of halogens is 1. The van der Waals surface area contributed by atoms with Gasteiger partial charge in [0.1, 0.15) is 23.2 Å². The number of nitriles is 1. The highest BCUT2D eigenvalue weighted by Crippen LogP contribution is 2.41. The summed E-state index contributed by atoms with van der Waals surface area (Å²) in [6, 6.07) is 14.0. The highest BCUT2D eigenvalue weighted by molar-refractivity contribution is 9.10. The topological polar surface area (TPSA) is 106 Å². The number of carbonyl (C=O) groups excluding carboxylic acids is 2. The van der Waals surface area contributed by atoms with E-state index in [9.17, 15) is 20.0 Å². The van der Waals surface area contributed by atoms with E-state index < -0.39 is 11.8 Å². The van der Waals surface area contributed by atoms with E-state index in [2.05, 4.69) is 26.2 Å². The number of imide groups is 1. The first-order valence-corrected chi connectivity index (χ1v) is 9.52. The average molecular weight is 449 g/mol. The zero-order valence-electron chi connectivity index (χ0n) is 15.2. The summed E-state index contributed by atoms with van der Waals surface area (Å²) in [5.41, 5.74) is 0.784. The summed E-state index contributed by atoms with van der Waals surface area (Å²) in [6.07, 6.45) is 0. The molecule has 0 bridgehead atoms. The molecule has 142 valence electrons. The number of azo groups is 1. The summed E-state index contributed by atoms with van der Waals surface area (Å²) in [7, 11) is 0. The molecule has 0 aromatic heterocycles. The van der Waals surface area contributed by atoms with Gasteiger partial charge in [0.2, 0.25) is 0 Å². The maximum Gasteiger partial charge on any atom is 0.262 e. The standard InChI is InChI=1S/C21H13BrN4O3/c1-2-26-20(28)14-9-12(10-23)18(17(22)16(14)21(26)29)24-25-19-13-6-4-3-5-11(13)7-8-15(19)27/h3-9,27H,2H2,1H3. The van der Waals surface area contributed by atoms with Crippen LogP contribution in [0, 0.1) is 11.3 Å². The van der Waals surface area contributed by atoms with Crippen molar-refractivity contribution in [1.29, 1.82) is 5.26 Å². The molecule has 0 spiro atoms. The number of hydrogen-bond acceptors (Lipinski definition) is 6. The maximum atomic E-state index is 12.6. The van der Waals surface area contributed by atoms with Crippen LogP contribution >= 0.6 is 15.9 Å². The van der Waals surface area contributed by atoms with Gasteiger partial charge >= 0.3 is 0 Å². The van der Waals surface area contributed by atoms with Crippen LogP contribution in [-0.2, 0) is 0 Å². The first kappa shape index (κ1) is 18.8. The molecular weight excluding hydrogens is 436 g/mol. The summed E-state index contributed by atoms with van der Waals surface area (Å²) in [4.78, 5) is 26.1. The number of phenolic OH excluding ortho intramolecular Hbond substituents is 1. The molecule has 0 atom stereocenters. The fourth-order valence-corrected chi connectivity index (χ4v) is 3.99. The molecular formula is C21H13BrN4O3. The van der Waals surface area contributed by atoms with Crippen molar-refractivity contribution in [3.05, 3.63) is 63.6 Å². The molecule has 29 heavy (non-hydrogen) atoms. The monoisotopic (exact) mass is 448 g/mol. The van der Waals surface area contributed by atoms with Crippen molar-refractivity contribution >= 4 is 49.9 Å². The van der Waals surface area contributed by atoms with E-state index in [1.165, 1.54) is 12.1 Å². The van der Waals surface area contributed by atoms with Crippen molar-refractivity contribution in [2.75, 3.05) is 6.54 Å². The Morgan fingerprint density at radius 1 is 1.10 bits per heavy atom. The zero-order chi connectivity index (χ0) is 20.7. The second-order valence-corrected chi connectivity index (χ2v) is 7.12. The molecule has 0 saturated carbocycles. The van der Waals surface area contributed by atoms with E-state index >= 15 is 0 Å². The quantitative estimate of drug-likeness (QED) is 0.438. The summed E-state index contributed by atoms with van der Waals surface area (Å²) in [5, 5.41) is 29.7. The van der Waals surface area contributed by atoms with Crippen LogP contribution in [0.2, 0.25) is 0 Å². The predicted molar refractivity (Wildman–Crippen MR) is 110 cm³/mol. The molecule has 1 aliphatic heterocycles. The highest BCUT2D eigenvalue weighted by Gasteiger charge is 2.38. The Morgan fingerprint density at radius 2 is 1.83 bits per heavy atom. The number of aromatic hydroxyl groups is 1. The predicted octanol–water partition coefficient (Wildman–Crippen LogP) is 5.21. The van der Waals surface area contributed by atoms with Gasteiger partial charge in [-0.3, -0.25) is 14.5 Å². The van der Waals surface area contributed by atoms with E-state index in [1.807, 2.05) is 24.3 Å². The third kappa shape index (κ3) is 2.87. The number of carbonyl (C=O) groups is 2. The summed E-state index contributed by atoms with van der Waals surface area (Å²) >= 11 is 3.32. The van der Waals surface area contributed by atoms with E-state index in [-0.39, 0.29) is 44.8 Å². The largest absolute Gasteiger partial charge is 0.506 e. The molecule has 2 amide bonds. The van der Waals surface area contributed by atoms with Crippen LogP contribution < -0.4 is 0 Å². The molecule has 0 saturated heterocycles. The lowest BCUT2D eigenvalue weighted by Crippen LogP contribution is -2.29. The molecule has 0 unspecified atom stereocenters. The lowest BCUT2D eigenvalue weighted by atomic mass is 10.0. The smallest absolute Gasteiger partial charge is 0.262 e. The molecule has 4 rings (SSSR count). The molecule has 7 nitrogen and oxygen atoms in total. The first-order chi connectivity index (χ1) is 14.0. The van der Waals surface area contributed by atoms with Crippen LogP contribution in [0.4, 0.5) is 11.4 Å². The van der Waals surface area contributed by atoms with E-state index in [0.29, 0.717) is 5.39 Å². The number of benzene rings is 3. The highest BCUT2D eigenvalue weighted by atomic mass is 79.9. The molecule has 1 heterocycles. The molecule has 1 aliphatic rings. The number of fused-ring (bicyclic) bond motifs is 2. The second kappa shape index (κ2) is 7.11. The lowest BCUT2D eigenvalue weighted by molar-refractivity contribution is 0.0662. The van der Waals surface area contributed by atoms with Gasteiger partial charge in [-0.05, 0) is 40.4 Å². The molecule has 8 heteroatoms. The van der Waals surface area contributed by atoms with Crippen molar-refractivity contribution in [3.8, 4) is 11.8 Å². The van der Waals surface area contributed by atoms with Gasteiger partial charge < -0.3 is 5.11 Å². The van der Waals surface area contributed by atoms with Gasteiger partial charge in [-0.1, -0.05) is 30.3 Å². The van der Waals surface area contributed by atoms with Crippen LogP contribution in [-0.4, -0.2) is 28.4 Å². The third-order valence-electron chi connectivity index (χ3n) is 4.74. The van der Waals surface area contributed by atoms with Crippen molar-refractivity contribution in [1.82, 2.24) is 4.90 Å². The minimum atomic E-state index is -0.451. The SMILES string of the molecule is CCN1C(=O)c2cc(C#N)c(N=Nc3c(O)ccc4ccccc34)c(Br)c2C1=O. The minimum Gasteiger partial charge on any atom is -0.506 e. The van der Waals surface area contributed by atoms with E-state index in [1.54, 1.807) is 19.1 Å². The van der Waals surface area contributed by atoms with Crippen molar-refractivity contribution < 1.29 is 14.7 Å². The number of phenols is 1. The van der Waals surface area contributed by atoms with Gasteiger partial charge in [0.25, 0.3) is 11.8 Å². The summed E-state index contributed by atoms with van der Waals surface area (Å²) < 4.78 is 0.226. The Hall–Kier alpha value is -3.57. The maximum absolute atomic E-state index is 12.6. The average Bonchev–Trinajstić information content (AvgIpc) is 2.97. The van der Waals surface area contributed by atoms with Crippen LogP contribution in [0.3, 0.4) is 0 Å². The van der Waals surface area contributed by atoms with Crippen LogP contribution in [0.15, 0.2) is 57.2 Å². The number of amides is 2. The minimum absolute atomic E-state index is 0.0633. The second-order valence-electron chi connectivity index (χ2n) is 6.33. The number of nitrogens with zero attached hydrogens (tertiary/aromatic N) is 4. The Balaban J connectivity index is 1.90. The molecule has 1 N–H and O–H groups in total. The Labute approximate surface area is 174 Å². The number of rotatable bonds is 3. The lowest BCUT2D eigenvalue weighted by Gasteiger charge is -2.09. The molecule has 0 radical (unpaired) electrons. The van der Waals surface area contributed by atoms with Gasteiger partial charge in [0, 0.05) is 11.9 Å². The van der Waals surface area contributed by atoms with Gasteiger partial charge in [0.05, 0.1) is 21.2 Å². The molecule has 3 aromatic carbocycles.